The van der Waals surface area contributed by atoms with Crippen LogP contribution in [0.1, 0.15) is 13.3 Å². The summed E-state index contributed by atoms with van der Waals surface area (Å²) in [6.45, 7) is 2.62. The molecule has 1 heterocycles. The first kappa shape index (κ1) is 11.7. The second-order valence-electron chi connectivity index (χ2n) is 3.87. The Morgan fingerprint density at radius 3 is 3.00 bits per heavy atom. The molecule has 0 spiro atoms. The molecule has 0 aromatic heterocycles. The molecule has 1 rings (SSSR count). The largest absolute Gasteiger partial charge is 0.388 e. The van der Waals surface area contributed by atoms with Gasteiger partial charge in [0.1, 0.15) is 0 Å². The Labute approximate surface area is 89.2 Å². The van der Waals surface area contributed by atoms with Crippen molar-refractivity contribution in [3.8, 4) is 0 Å². The highest BCUT2D eigenvalue weighted by Gasteiger charge is 2.22. The van der Waals surface area contributed by atoms with Gasteiger partial charge in [-0.1, -0.05) is 0 Å². The lowest BCUT2D eigenvalue weighted by atomic mass is 10.1. The van der Waals surface area contributed by atoms with Crippen LogP contribution in [0.15, 0.2) is 0 Å². The minimum Gasteiger partial charge on any atom is -0.388 e. The van der Waals surface area contributed by atoms with Gasteiger partial charge >= 0.3 is 0 Å². The minimum absolute atomic E-state index is 0.549. The third kappa shape index (κ3) is 4.58. The van der Waals surface area contributed by atoms with Crippen molar-refractivity contribution < 1.29 is 5.11 Å². The van der Waals surface area contributed by atoms with Gasteiger partial charge in [-0.15, -0.1) is 0 Å². The number of rotatable bonds is 5. The number of hydrogen-bond acceptors (Lipinski definition) is 4. The maximum Gasteiger partial charge on any atom is 0.0833 e. The number of thioether (sulfide) groups is 2. The molecule has 1 saturated heterocycles. The summed E-state index contributed by atoms with van der Waals surface area (Å²) < 4.78 is 0. The highest BCUT2D eigenvalue weighted by molar-refractivity contribution is 7.99. The standard InChI is InChI=1S/C9H19NOS2/c1-9(11,7-12-2)6-10-8-3-4-13-5-8/h8,10-11H,3-7H2,1-2H3. The number of aliphatic hydroxyl groups is 1. The number of nitrogens with one attached hydrogen (secondary N) is 1. The zero-order chi connectivity index (χ0) is 9.73. The maximum absolute atomic E-state index is 9.88. The molecule has 78 valence electrons. The van der Waals surface area contributed by atoms with E-state index in [1.54, 1.807) is 11.8 Å². The minimum atomic E-state index is -0.549. The van der Waals surface area contributed by atoms with Crippen LogP contribution in [-0.4, -0.2) is 46.8 Å². The van der Waals surface area contributed by atoms with Crippen molar-refractivity contribution in [3.63, 3.8) is 0 Å². The van der Waals surface area contributed by atoms with E-state index in [0.29, 0.717) is 6.04 Å². The smallest absolute Gasteiger partial charge is 0.0833 e. The second-order valence-corrected chi connectivity index (χ2v) is 5.89. The first-order valence-corrected chi connectivity index (χ1v) is 7.21. The molecule has 13 heavy (non-hydrogen) atoms. The fourth-order valence-electron chi connectivity index (χ4n) is 1.42. The highest BCUT2D eigenvalue weighted by Crippen LogP contribution is 2.18. The van der Waals surface area contributed by atoms with Crippen LogP contribution in [0, 0.1) is 0 Å². The van der Waals surface area contributed by atoms with Gasteiger partial charge in [-0.05, 0) is 25.4 Å². The van der Waals surface area contributed by atoms with E-state index in [1.807, 2.05) is 24.9 Å². The average molecular weight is 221 g/mol. The lowest BCUT2D eigenvalue weighted by molar-refractivity contribution is 0.0823. The highest BCUT2D eigenvalue weighted by atomic mass is 32.2. The van der Waals surface area contributed by atoms with E-state index < -0.39 is 5.60 Å². The Morgan fingerprint density at radius 2 is 2.46 bits per heavy atom. The molecular weight excluding hydrogens is 202 g/mol. The fourth-order valence-corrected chi connectivity index (χ4v) is 3.33. The van der Waals surface area contributed by atoms with Crippen LogP contribution in [-0.2, 0) is 0 Å². The normalized spacial score (nSPS) is 27.5. The molecule has 0 aliphatic carbocycles. The van der Waals surface area contributed by atoms with Crippen LogP contribution in [0.3, 0.4) is 0 Å². The van der Waals surface area contributed by atoms with E-state index in [-0.39, 0.29) is 0 Å². The van der Waals surface area contributed by atoms with Gasteiger partial charge in [-0.25, -0.2) is 0 Å². The average Bonchev–Trinajstić information content (AvgIpc) is 2.52. The van der Waals surface area contributed by atoms with Crippen molar-refractivity contribution in [1.29, 1.82) is 0 Å². The summed E-state index contributed by atoms with van der Waals surface area (Å²) in [4.78, 5) is 0. The Morgan fingerprint density at radius 1 is 1.69 bits per heavy atom. The molecule has 1 aliphatic rings. The molecule has 2 unspecified atom stereocenters. The van der Waals surface area contributed by atoms with Gasteiger partial charge in [-0.3, -0.25) is 0 Å². The Hall–Kier alpha value is 0.620. The van der Waals surface area contributed by atoms with Crippen molar-refractivity contribution >= 4 is 23.5 Å². The zero-order valence-corrected chi connectivity index (χ0v) is 10.0. The summed E-state index contributed by atoms with van der Waals surface area (Å²) in [5.41, 5.74) is -0.549. The van der Waals surface area contributed by atoms with Crippen LogP contribution >= 0.6 is 23.5 Å². The van der Waals surface area contributed by atoms with Crippen LogP contribution < -0.4 is 5.32 Å². The molecule has 0 aromatic carbocycles. The van der Waals surface area contributed by atoms with Crippen LogP contribution in [0.4, 0.5) is 0 Å². The lowest BCUT2D eigenvalue weighted by Crippen LogP contribution is -2.44. The van der Waals surface area contributed by atoms with Gasteiger partial charge in [0.15, 0.2) is 0 Å². The topological polar surface area (TPSA) is 32.3 Å². The summed E-state index contributed by atoms with van der Waals surface area (Å²) in [7, 11) is 0. The van der Waals surface area contributed by atoms with Crippen molar-refractivity contribution in [2.45, 2.75) is 25.0 Å². The molecule has 1 fully saturated rings. The number of hydrogen-bond donors (Lipinski definition) is 2. The predicted molar refractivity (Wildman–Crippen MR) is 62.7 cm³/mol. The SMILES string of the molecule is CSCC(C)(O)CNC1CCSC1. The quantitative estimate of drug-likeness (QED) is 0.730. The van der Waals surface area contributed by atoms with Crippen molar-refractivity contribution in [1.82, 2.24) is 5.32 Å². The van der Waals surface area contributed by atoms with E-state index >= 15 is 0 Å². The summed E-state index contributed by atoms with van der Waals surface area (Å²) in [5, 5.41) is 13.3. The van der Waals surface area contributed by atoms with Crippen molar-refractivity contribution in [2.24, 2.45) is 0 Å². The summed E-state index contributed by atoms with van der Waals surface area (Å²) in [6.07, 6.45) is 3.28. The van der Waals surface area contributed by atoms with E-state index in [0.717, 1.165) is 12.3 Å². The first-order chi connectivity index (χ1) is 6.14. The first-order valence-electron chi connectivity index (χ1n) is 4.66. The Balaban J connectivity index is 2.15. The molecule has 1 aliphatic heterocycles. The zero-order valence-electron chi connectivity index (χ0n) is 8.38. The van der Waals surface area contributed by atoms with E-state index in [4.69, 9.17) is 0 Å². The Bertz CT molecular complexity index is 147. The van der Waals surface area contributed by atoms with E-state index in [9.17, 15) is 5.11 Å². The monoisotopic (exact) mass is 221 g/mol. The second kappa shape index (κ2) is 5.49. The van der Waals surface area contributed by atoms with Gasteiger partial charge in [0, 0.05) is 24.1 Å². The van der Waals surface area contributed by atoms with Crippen molar-refractivity contribution in [3.05, 3.63) is 0 Å². The Kier molecular flexibility index (Phi) is 4.94. The molecule has 0 bridgehead atoms. The van der Waals surface area contributed by atoms with Gasteiger partial charge in [-0.2, -0.15) is 23.5 Å². The van der Waals surface area contributed by atoms with E-state index in [2.05, 4.69) is 5.32 Å². The lowest BCUT2D eigenvalue weighted by Gasteiger charge is -2.24. The molecule has 0 amide bonds. The third-order valence-corrected chi connectivity index (χ3v) is 4.23. The van der Waals surface area contributed by atoms with Crippen LogP contribution in [0.25, 0.3) is 0 Å². The van der Waals surface area contributed by atoms with Gasteiger partial charge in [0.2, 0.25) is 0 Å². The molecule has 0 radical (unpaired) electrons. The third-order valence-electron chi connectivity index (χ3n) is 2.16. The molecule has 0 aromatic rings. The molecule has 2 N–H and O–H groups in total. The van der Waals surface area contributed by atoms with Gasteiger partial charge in [0.25, 0.3) is 0 Å². The summed E-state index contributed by atoms with van der Waals surface area (Å²) >= 11 is 3.69. The van der Waals surface area contributed by atoms with Gasteiger partial charge in [0.05, 0.1) is 5.60 Å². The summed E-state index contributed by atoms with van der Waals surface area (Å²) in [5.74, 6) is 3.28. The summed E-state index contributed by atoms with van der Waals surface area (Å²) in [6, 6.07) is 0.623. The van der Waals surface area contributed by atoms with E-state index in [1.165, 1.54) is 17.9 Å². The molecule has 2 atom stereocenters. The van der Waals surface area contributed by atoms with Crippen LogP contribution in [0.5, 0.6) is 0 Å². The molecule has 2 nitrogen and oxygen atoms in total. The van der Waals surface area contributed by atoms with Crippen molar-refractivity contribution in [2.75, 3.05) is 30.1 Å². The molecule has 0 saturated carbocycles. The van der Waals surface area contributed by atoms with Gasteiger partial charge < -0.3 is 10.4 Å². The molecule has 4 heteroatoms. The molecular formula is C9H19NOS2. The fraction of sp³-hybridized carbons (Fsp3) is 1.00. The predicted octanol–water partition coefficient (Wildman–Crippen LogP) is 1.20. The maximum atomic E-state index is 9.88. The van der Waals surface area contributed by atoms with Crippen LogP contribution in [0.2, 0.25) is 0 Å².